The van der Waals surface area contributed by atoms with E-state index < -0.39 is 0 Å². The molecule has 0 aliphatic carbocycles. The molecule has 1 nitrogen and oxygen atoms in total. The first kappa shape index (κ1) is 8.24. The summed E-state index contributed by atoms with van der Waals surface area (Å²) in [5, 5.41) is 9.92. The summed E-state index contributed by atoms with van der Waals surface area (Å²) >= 11 is 4.86. The lowest BCUT2D eigenvalue weighted by Gasteiger charge is -2.00. The van der Waals surface area contributed by atoms with Crippen LogP contribution in [0.25, 0.3) is 0 Å². The number of aryl methyl sites for hydroxylation is 1. The highest BCUT2D eigenvalue weighted by molar-refractivity contribution is 9.09. The normalized spacial score (nSPS) is 13.5. The van der Waals surface area contributed by atoms with E-state index in [0.29, 0.717) is 5.33 Å². The first-order chi connectivity index (χ1) is 4.74. The number of thiophene rings is 1. The number of aliphatic hydroxyl groups excluding tert-OH is 1. The third-order valence-electron chi connectivity index (χ3n) is 1.24. The second kappa shape index (κ2) is 3.51. The third kappa shape index (κ3) is 1.81. The van der Waals surface area contributed by atoms with Crippen molar-refractivity contribution in [2.75, 3.05) is 5.33 Å². The van der Waals surface area contributed by atoms with Crippen molar-refractivity contribution in [1.82, 2.24) is 0 Å². The minimum atomic E-state index is -0.335. The SMILES string of the molecule is Cc1ccc([C@@H](O)CBr)s1. The lowest BCUT2D eigenvalue weighted by Crippen LogP contribution is -1.93. The van der Waals surface area contributed by atoms with Gasteiger partial charge in [-0.15, -0.1) is 11.3 Å². The van der Waals surface area contributed by atoms with Crippen LogP contribution in [0, 0.1) is 6.92 Å². The molecule has 0 saturated carbocycles. The van der Waals surface area contributed by atoms with E-state index in [-0.39, 0.29) is 6.10 Å². The molecule has 1 atom stereocenters. The van der Waals surface area contributed by atoms with Crippen molar-refractivity contribution in [1.29, 1.82) is 0 Å². The van der Waals surface area contributed by atoms with Gasteiger partial charge in [0.2, 0.25) is 0 Å². The molecular weight excluding hydrogens is 212 g/mol. The summed E-state index contributed by atoms with van der Waals surface area (Å²) in [7, 11) is 0. The Morgan fingerprint density at radius 3 is 2.80 bits per heavy atom. The molecule has 0 aliphatic heterocycles. The molecule has 0 aromatic carbocycles. The second-order valence-corrected chi connectivity index (χ2v) is 4.09. The van der Waals surface area contributed by atoms with E-state index in [4.69, 9.17) is 0 Å². The van der Waals surface area contributed by atoms with Gasteiger partial charge < -0.3 is 5.11 Å². The van der Waals surface area contributed by atoms with Gasteiger partial charge in [0.1, 0.15) is 0 Å². The number of alkyl halides is 1. The van der Waals surface area contributed by atoms with Crippen LogP contribution in [0.5, 0.6) is 0 Å². The third-order valence-corrected chi connectivity index (χ3v) is 2.95. The molecule has 10 heavy (non-hydrogen) atoms. The fourth-order valence-corrected chi connectivity index (χ4v) is 2.13. The number of aliphatic hydroxyl groups is 1. The summed E-state index contributed by atoms with van der Waals surface area (Å²) in [6, 6.07) is 3.98. The van der Waals surface area contributed by atoms with Gasteiger partial charge in [0, 0.05) is 15.1 Å². The lowest BCUT2D eigenvalue weighted by atomic mass is 10.3. The Hall–Kier alpha value is 0.140. The number of halogens is 1. The molecular formula is C7H9BrOS. The van der Waals surface area contributed by atoms with Gasteiger partial charge >= 0.3 is 0 Å². The molecule has 0 amide bonds. The average molecular weight is 221 g/mol. The smallest absolute Gasteiger partial charge is 0.0978 e. The van der Waals surface area contributed by atoms with Crippen LogP contribution >= 0.6 is 27.3 Å². The molecule has 1 aromatic rings. The average Bonchev–Trinajstić information content (AvgIpc) is 2.34. The Bertz CT molecular complexity index is 209. The minimum absolute atomic E-state index is 0.335. The summed E-state index contributed by atoms with van der Waals surface area (Å²) in [4.78, 5) is 2.28. The zero-order valence-electron chi connectivity index (χ0n) is 5.67. The van der Waals surface area contributed by atoms with Gasteiger partial charge in [0.15, 0.2) is 0 Å². The summed E-state index contributed by atoms with van der Waals surface area (Å²) < 4.78 is 0. The lowest BCUT2D eigenvalue weighted by molar-refractivity contribution is 0.209. The van der Waals surface area contributed by atoms with Gasteiger partial charge in [-0.1, -0.05) is 15.9 Å². The maximum atomic E-state index is 9.31. The summed E-state index contributed by atoms with van der Waals surface area (Å²) in [6.07, 6.45) is -0.335. The van der Waals surface area contributed by atoms with Crippen molar-refractivity contribution in [3.63, 3.8) is 0 Å². The first-order valence-corrected chi connectivity index (χ1v) is 4.98. The van der Waals surface area contributed by atoms with Crippen LogP contribution < -0.4 is 0 Å². The van der Waals surface area contributed by atoms with Gasteiger partial charge in [0.25, 0.3) is 0 Å². The highest BCUT2D eigenvalue weighted by Gasteiger charge is 2.06. The molecule has 0 saturated heterocycles. The van der Waals surface area contributed by atoms with E-state index in [2.05, 4.69) is 15.9 Å². The molecule has 0 aliphatic rings. The van der Waals surface area contributed by atoms with Gasteiger partial charge in [-0.2, -0.15) is 0 Å². The summed E-state index contributed by atoms with van der Waals surface area (Å²) in [6.45, 7) is 2.04. The zero-order chi connectivity index (χ0) is 7.56. The topological polar surface area (TPSA) is 20.2 Å². The summed E-state index contributed by atoms with van der Waals surface area (Å²) in [5.74, 6) is 0. The molecule has 0 fully saturated rings. The van der Waals surface area contributed by atoms with Crippen LogP contribution in [0.2, 0.25) is 0 Å². The molecule has 1 N–H and O–H groups in total. The number of hydrogen-bond donors (Lipinski definition) is 1. The van der Waals surface area contributed by atoms with Crippen LogP contribution in [0.3, 0.4) is 0 Å². The van der Waals surface area contributed by atoms with E-state index in [0.717, 1.165) is 4.88 Å². The molecule has 0 bridgehead atoms. The fourth-order valence-electron chi connectivity index (χ4n) is 0.709. The highest BCUT2D eigenvalue weighted by Crippen LogP contribution is 2.23. The van der Waals surface area contributed by atoms with E-state index in [1.165, 1.54) is 4.88 Å². The Labute approximate surface area is 72.8 Å². The second-order valence-electron chi connectivity index (χ2n) is 2.12. The predicted octanol–water partition coefficient (Wildman–Crippen LogP) is 2.48. The molecule has 56 valence electrons. The highest BCUT2D eigenvalue weighted by atomic mass is 79.9. The monoisotopic (exact) mass is 220 g/mol. The quantitative estimate of drug-likeness (QED) is 0.760. The molecule has 1 heterocycles. The van der Waals surface area contributed by atoms with Crippen LogP contribution in [0.1, 0.15) is 15.9 Å². The van der Waals surface area contributed by atoms with Gasteiger partial charge in [-0.05, 0) is 19.1 Å². The van der Waals surface area contributed by atoms with Gasteiger partial charge in [-0.25, -0.2) is 0 Å². The van der Waals surface area contributed by atoms with Gasteiger partial charge in [-0.3, -0.25) is 0 Å². The molecule has 3 heteroatoms. The molecule has 1 rings (SSSR count). The van der Waals surface area contributed by atoms with Gasteiger partial charge in [0.05, 0.1) is 6.10 Å². The standard InChI is InChI=1S/C7H9BrOS/c1-5-2-3-7(10-5)6(9)4-8/h2-3,6,9H,4H2,1H3/t6-/m0/s1. The number of rotatable bonds is 2. The van der Waals surface area contributed by atoms with E-state index in [1.54, 1.807) is 11.3 Å². The maximum Gasteiger partial charge on any atom is 0.0978 e. The van der Waals surface area contributed by atoms with Crippen LogP contribution in [-0.4, -0.2) is 10.4 Å². The van der Waals surface area contributed by atoms with Crippen LogP contribution in [0.4, 0.5) is 0 Å². The molecule has 0 spiro atoms. The van der Waals surface area contributed by atoms with Crippen LogP contribution in [-0.2, 0) is 0 Å². The molecule has 1 aromatic heterocycles. The minimum Gasteiger partial charge on any atom is -0.387 e. The predicted molar refractivity (Wildman–Crippen MR) is 47.8 cm³/mol. The Kier molecular flexibility index (Phi) is 2.89. The Morgan fingerprint density at radius 2 is 2.40 bits per heavy atom. The van der Waals surface area contributed by atoms with Crippen molar-refractivity contribution >= 4 is 27.3 Å². The van der Waals surface area contributed by atoms with Crippen molar-refractivity contribution in [2.24, 2.45) is 0 Å². The largest absolute Gasteiger partial charge is 0.387 e. The van der Waals surface area contributed by atoms with Crippen molar-refractivity contribution in [3.8, 4) is 0 Å². The zero-order valence-corrected chi connectivity index (χ0v) is 8.08. The summed E-state index contributed by atoms with van der Waals surface area (Å²) in [5.41, 5.74) is 0. The van der Waals surface area contributed by atoms with Crippen molar-refractivity contribution < 1.29 is 5.11 Å². The van der Waals surface area contributed by atoms with Crippen molar-refractivity contribution in [3.05, 3.63) is 21.9 Å². The maximum absolute atomic E-state index is 9.31. The molecule has 0 radical (unpaired) electrons. The Morgan fingerprint density at radius 1 is 1.70 bits per heavy atom. The first-order valence-electron chi connectivity index (χ1n) is 3.04. The Balaban J connectivity index is 2.74. The van der Waals surface area contributed by atoms with Crippen LogP contribution in [0.15, 0.2) is 12.1 Å². The van der Waals surface area contributed by atoms with E-state index in [9.17, 15) is 5.11 Å². The van der Waals surface area contributed by atoms with Crippen molar-refractivity contribution in [2.45, 2.75) is 13.0 Å². The van der Waals surface area contributed by atoms with E-state index in [1.807, 2.05) is 19.1 Å². The fraction of sp³-hybridized carbons (Fsp3) is 0.429. The number of hydrogen-bond acceptors (Lipinski definition) is 2. The molecule has 0 unspecified atom stereocenters. The van der Waals surface area contributed by atoms with E-state index >= 15 is 0 Å².